The van der Waals surface area contributed by atoms with Crippen LogP contribution in [0.1, 0.15) is 26.2 Å². The van der Waals surface area contributed by atoms with E-state index in [0.717, 1.165) is 25.1 Å². The van der Waals surface area contributed by atoms with Crippen molar-refractivity contribution in [2.45, 2.75) is 26.2 Å². The molecule has 70 valence electrons. The van der Waals surface area contributed by atoms with Crippen LogP contribution in [-0.2, 0) is 4.79 Å². The number of rotatable bonds is 3. The molecule has 0 amide bonds. The Hall–Kier alpha value is -1.30. The molecule has 1 unspecified atom stereocenters. The summed E-state index contributed by atoms with van der Waals surface area (Å²) >= 11 is 0. The van der Waals surface area contributed by atoms with Crippen LogP contribution < -0.4 is 5.32 Å². The molecule has 3 nitrogen and oxygen atoms in total. The number of carbonyl (C=O) groups excluding carboxylic acids is 1. The average Bonchev–Trinajstić information content (AvgIpc) is 2.59. The molecule has 0 aromatic rings. The third-order valence-electron chi connectivity index (χ3n) is 2.20. The Labute approximate surface area is 78.4 Å². The van der Waals surface area contributed by atoms with E-state index in [9.17, 15) is 4.79 Å². The van der Waals surface area contributed by atoms with E-state index >= 15 is 0 Å². The molecule has 3 heteroatoms. The molecule has 1 fully saturated rings. The molecule has 0 bridgehead atoms. The van der Waals surface area contributed by atoms with Crippen LogP contribution >= 0.6 is 0 Å². The second-order valence-electron chi connectivity index (χ2n) is 3.19. The highest BCUT2D eigenvalue weighted by molar-refractivity contribution is 5.94. The summed E-state index contributed by atoms with van der Waals surface area (Å²) in [5.41, 5.74) is 0.985. The lowest BCUT2D eigenvalue weighted by Gasteiger charge is -2.01. The summed E-state index contributed by atoms with van der Waals surface area (Å²) in [6, 6.07) is 2.00. The van der Waals surface area contributed by atoms with Gasteiger partial charge in [-0.3, -0.25) is 4.79 Å². The number of hydrogen-bond acceptors (Lipinski definition) is 3. The number of nitrogens with one attached hydrogen (secondary N) is 1. The Kier molecular flexibility index (Phi) is 3.51. The van der Waals surface area contributed by atoms with Crippen molar-refractivity contribution in [1.29, 1.82) is 5.26 Å². The van der Waals surface area contributed by atoms with Crippen LogP contribution in [0, 0.1) is 17.2 Å². The monoisotopic (exact) mass is 178 g/mol. The van der Waals surface area contributed by atoms with Crippen LogP contribution in [0.5, 0.6) is 0 Å². The van der Waals surface area contributed by atoms with E-state index in [2.05, 4.69) is 5.32 Å². The van der Waals surface area contributed by atoms with Gasteiger partial charge in [0, 0.05) is 18.3 Å². The van der Waals surface area contributed by atoms with Gasteiger partial charge in [-0.25, -0.2) is 0 Å². The second-order valence-corrected chi connectivity index (χ2v) is 3.19. The van der Waals surface area contributed by atoms with E-state index in [-0.39, 0.29) is 5.78 Å². The van der Waals surface area contributed by atoms with Crippen LogP contribution in [0.3, 0.4) is 0 Å². The highest BCUT2D eigenvalue weighted by atomic mass is 16.1. The SMILES string of the molecule is CCC(C#N)C(=O)/C=C1/CCCN1. The highest BCUT2D eigenvalue weighted by Gasteiger charge is 2.15. The van der Waals surface area contributed by atoms with Gasteiger partial charge in [-0.2, -0.15) is 5.26 Å². The van der Waals surface area contributed by atoms with Crippen molar-refractivity contribution in [2.24, 2.45) is 5.92 Å². The van der Waals surface area contributed by atoms with Crippen LogP contribution in [0.15, 0.2) is 11.8 Å². The highest BCUT2D eigenvalue weighted by Crippen LogP contribution is 2.11. The maximum atomic E-state index is 11.4. The van der Waals surface area contributed by atoms with Gasteiger partial charge in [0.05, 0.1) is 6.07 Å². The molecule has 13 heavy (non-hydrogen) atoms. The maximum absolute atomic E-state index is 11.4. The van der Waals surface area contributed by atoms with E-state index in [0.29, 0.717) is 6.42 Å². The molecular formula is C10H14N2O. The van der Waals surface area contributed by atoms with Gasteiger partial charge in [-0.1, -0.05) is 6.92 Å². The topological polar surface area (TPSA) is 52.9 Å². The molecular weight excluding hydrogens is 164 g/mol. The third-order valence-corrected chi connectivity index (χ3v) is 2.20. The van der Waals surface area contributed by atoms with Gasteiger partial charge < -0.3 is 5.32 Å². The Bertz CT molecular complexity index is 255. The first-order valence-electron chi connectivity index (χ1n) is 4.65. The van der Waals surface area contributed by atoms with E-state index in [4.69, 9.17) is 5.26 Å². The number of carbonyl (C=O) groups is 1. The zero-order valence-electron chi connectivity index (χ0n) is 7.84. The zero-order chi connectivity index (χ0) is 9.68. The predicted octanol–water partition coefficient (Wildman–Crippen LogP) is 1.37. The minimum Gasteiger partial charge on any atom is -0.388 e. The molecule has 0 aliphatic carbocycles. The molecule has 1 atom stereocenters. The minimum absolute atomic E-state index is 0.0607. The third kappa shape index (κ3) is 2.59. The van der Waals surface area contributed by atoms with E-state index in [1.807, 2.05) is 13.0 Å². The molecule has 1 aliphatic rings. The summed E-state index contributed by atoms with van der Waals surface area (Å²) in [6.45, 7) is 2.80. The Morgan fingerprint density at radius 3 is 3.08 bits per heavy atom. The minimum atomic E-state index is -0.463. The second kappa shape index (κ2) is 4.66. The van der Waals surface area contributed by atoms with Crippen molar-refractivity contribution in [1.82, 2.24) is 5.32 Å². The molecule has 1 aliphatic heterocycles. The van der Waals surface area contributed by atoms with Crippen molar-refractivity contribution < 1.29 is 4.79 Å². The lowest BCUT2D eigenvalue weighted by Crippen LogP contribution is -2.12. The van der Waals surface area contributed by atoms with E-state index in [1.165, 1.54) is 0 Å². The summed E-state index contributed by atoms with van der Waals surface area (Å²) in [4.78, 5) is 11.4. The summed E-state index contributed by atoms with van der Waals surface area (Å²) in [6.07, 6.45) is 4.21. The lowest BCUT2D eigenvalue weighted by atomic mass is 10.0. The molecule has 1 N–H and O–H groups in total. The van der Waals surface area contributed by atoms with Gasteiger partial charge in [0.2, 0.25) is 0 Å². The number of nitriles is 1. The number of hydrogen-bond donors (Lipinski definition) is 1. The fourth-order valence-corrected chi connectivity index (χ4v) is 1.37. The molecule has 0 aromatic carbocycles. The molecule has 1 saturated heterocycles. The van der Waals surface area contributed by atoms with Crippen LogP contribution in [0.2, 0.25) is 0 Å². The summed E-state index contributed by atoms with van der Waals surface area (Å²) in [5, 5.41) is 11.8. The number of allylic oxidation sites excluding steroid dienone is 2. The van der Waals surface area contributed by atoms with Crippen molar-refractivity contribution in [2.75, 3.05) is 6.54 Å². The van der Waals surface area contributed by atoms with Gasteiger partial charge in [-0.15, -0.1) is 0 Å². The molecule has 0 aromatic heterocycles. The quantitative estimate of drug-likeness (QED) is 0.664. The summed E-state index contributed by atoms with van der Waals surface area (Å²) in [7, 11) is 0. The molecule has 1 rings (SSSR count). The van der Waals surface area contributed by atoms with Gasteiger partial charge in [0.25, 0.3) is 0 Å². The standard InChI is InChI=1S/C10H14N2O/c1-2-8(7-11)10(13)6-9-4-3-5-12-9/h6,8,12H,2-5H2,1H3/b9-6-. The summed E-state index contributed by atoms with van der Waals surface area (Å²) in [5.74, 6) is -0.524. The first-order chi connectivity index (χ1) is 6.27. The van der Waals surface area contributed by atoms with Gasteiger partial charge in [0.15, 0.2) is 5.78 Å². The van der Waals surface area contributed by atoms with Gasteiger partial charge in [0.1, 0.15) is 5.92 Å². The smallest absolute Gasteiger partial charge is 0.174 e. The van der Waals surface area contributed by atoms with Crippen molar-refractivity contribution in [3.05, 3.63) is 11.8 Å². The average molecular weight is 178 g/mol. The van der Waals surface area contributed by atoms with Crippen LogP contribution in [0.4, 0.5) is 0 Å². The van der Waals surface area contributed by atoms with E-state index in [1.54, 1.807) is 6.08 Å². The van der Waals surface area contributed by atoms with E-state index < -0.39 is 5.92 Å². The maximum Gasteiger partial charge on any atom is 0.174 e. The van der Waals surface area contributed by atoms with Crippen molar-refractivity contribution in [3.8, 4) is 6.07 Å². The fourth-order valence-electron chi connectivity index (χ4n) is 1.37. The van der Waals surface area contributed by atoms with Gasteiger partial charge in [-0.05, 0) is 19.3 Å². The van der Waals surface area contributed by atoms with Crippen LogP contribution in [-0.4, -0.2) is 12.3 Å². The lowest BCUT2D eigenvalue weighted by molar-refractivity contribution is -0.116. The normalized spacial score (nSPS) is 20.8. The zero-order valence-corrected chi connectivity index (χ0v) is 7.84. The molecule has 0 saturated carbocycles. The van der Waals surface area contributed by atoms with Crippen molar-refractivity contribution >= 4 is 5.78 Å². The Morgan fingerprint density at radius 1 is 1.85 bits per heavy atom. The molecule has 1 heterocycles. The molecule has 0 radical (unpaired) electrons. The van der Waals surface area contributed by atoms with Crippen LogP contribution in [0.25, 0.3) is 0 Å². The van der Waals surface area contributed by atoms with Gasteiger partial charge >= 0.3 is 0 Å². The molecule has 0 spiro atoms. The first kappa shape index (κ1) is 9.79. The first-order valence-corrected chi connectivity index (χ1v) is 4.65. The number of nitrogens with zero attached hydrogens (tertiary/aromatic N) is 1. The Balaban J connectivity index is 2.57. The predicted molar refractivity (Wildman–Crippen MR) is 49.7 cm³/mol. The summed E-state index contributed by atoms with van der Waals surface area (Å²) < 4.78 is 0. The fraction of sp³-hybridized carbons (Fsp3) is 0.600. The van der Waals surface area contributed by atoms with Crippen molar-refractivity contribution in [3.63, 3.8) is 0 Å². The largest absolute Gasteiger partial charge is 0.388 e. The Morgan fingerprint density at radius 2 is 2.62 bits per heavy atom. The number of ketones is 1.